The number of aromatic nitrogens is 2. The second-order valence-electron chi connectivity index (χ2n) is 5.28. The van der Waals surface area contributed by atoms with Gasteiger partial charge in [-0.15, -0.1) is 0 Å². The normalized spacial score (nSPS) is 10.5. The smallest absolute Gasteiger partial charge is 0.229 e. The Labute approximate surface area is 144 Å². The summed E-state index contributed by atoms with van der Waals surface area (Å²) >= 11 is 6.12. The Bertz CT molecular complexity index is 837. The summed E-state index contributed by atoms with van der Waals surface area (Å²) in [7, 11) is 0. The summed E-state index contributed by atoms with van der Waals surface area (Å²) in [4.78, 5) is 8.64. The maximum Gasteiger partial charge on any atom is 0.229 e. The lowest BCUT2D eigenvalue weighted by Gasteiger charge is -2.11. The molecule has 24 heavy (non-hydrogen) atoms. The van der Waals surface area contributed by atoms with Gasteiger partial charge in [-0.1, -0.05) is 29.8 Å². The van der Waals surface area contributed by atoms with E-state index in [-0.39, 0.29) is 5.82 Å². The maximum atomic E-state index is 12.9. The molecule has 0 amide bonds. The second kappa shape index (κ2) is 7.27. The van der Waals surface area contributed by atoms with E-state index in [1.54, 1.807) is 24.4 Å². The first-order chi connectivity index (χ1) is 11.6. The molecule has 0 aliphatic rings. The van der Waals surface area contributed by atoms with E-state index in [1.165, 1.54) is 12.1 Å². The molecule has 3 aromatic rings. The molecule has 0 atom stereocenters. The summed E-state index contributed by atoms with van der Waals surface area (Å²) in [5, 5.41) is 7.04. The topological polar surface area (TPSA) is 49.8 Å². The minimum Gasteiger partial charge on any atom is -0.366 e. The van der Waals surface area contributed by atoms with E-state index in [1.807, 2.05) is 25.1 Å². The fraction of sp³-hybridized carbons (Fsp3) is 0.111. The van der Waals surface area contributed by atoms with Gasteiger partial charge in [-0.2, -0.15) is 4.98 Å². The second-order valence-corrected chi connectivity index (χ2v) is 5.69. The Morgan fingerprint density at radius 1 is 1.08 bits per heavy atom. The molecule has 122 valence electrons. The van der Waals surface area contributed by atoms with E-state index in [0.29, 0.717) is 23.3 Å². The summed E-state index contributed by atoms with van der Waals surface area (Å²) in [5.41, 5.74) is 2.76. The number of nitrogens with one attached hydrogen (secondary N) is 2. The van der Waals surface area contributed by atoms with Gasteiger partial charge in [0.05, 0.1) is 0 Å². The zero-order valence-electron chi connectivity index (χ0n) is 13.1. The van der Waals surface area contributed by atoms with Gasteiger partial charge in [-0.05, 0) is 48.4 Å². The van der Waals surface area contributed by atoms with E-state index >= 15 is 0 Å². The van der Waals surface area contributed by atoms with E-state index in [9.17, 15) is 4.39 Å². The van der Waals surface area contributed by atoms with Crippen LogP contribution in [0, 0.1) is 12.7 Å². The summed E-state index contributed by atoms with van der Waals surface area (Å²) in [6, 6.07) is 13.7. The number of hydrogen-bond acceptors (Lipinski definition) is 4. The monoisotopic (exact) mass is 342 g/mol. The molecule has 0 aliphatic heterocycles. The molecule has 0 saturated carbocycles. The van der Waals surface area contributed by atoms with Crippen molar-refractivity contribution in [2.75, 3.05) is 10.6 Å². The Morgan fingerprint density at radius 2 is 1.88 bits per heavy atom. The Kier molecular flexibility index (Phi) is 4.91. The van der Waals surface area contributed by atoms with E-state index in [0.717, 1.165) is 16.8 Å². The highest BCUT2D eigenvalue weighted by atomic mass is 35.5. The van der Waals surface area contributed by atoms with Crippen molar-refractivity contribution in [1.82, 2.24) is 9.97 Å². The minimum absolute atomic E-state index is 0.246. The zero-order chi connectivity index (χ0) is 16.9. The molecular formula is C18H16ClFN4. The molecule has 0 saturated heterocycles. The van der Waals surface area contributed by atoms with Gasteiger partial charge in [0.25, 0.3) is 0 Å². The molecule has 0 bridgehead atoms. The number of rotatable bonds is 5. The SMILES string of the molecule is Cc1c(Cl)cccc1Nc1nccc(NCc2ccc(F)cc2)n1. The molecule has 0 unspecified atom stereocenters. The summed E-state index contributed by atoms with van der Waals surface area (Å²) < 4.78 is 12.9. The van der Waals surface area contributed by atoms with Crippen LogP contribution in [0.2, 0.25) is 5.02 Å². The van der Waals surface area contributed by atoms with Crippen molar-refractivity contribution in [1.29, 1.82) is 0 Å². The lowest BCUT2D eigenvalue weighted by Crippen LogP contribution is -2.04. The predicted octanol–water partition coefficient (Wildman–Crippen LogP) is 4.93. The molecule has 4 nitrogen and oxygen atoms in total. The molecule has 2 aromatic carbocycles. The summed E-state index contributed by atoms with van der Waals surface area (Å²) in [5.74, 6) is 0.908. The first-order valence-corrected chi connectivity index (χ1v) is 7.83. The molecule has 1 aromatic heterocycles. The van der Waals surface area contributed by atoms with Crippen LogP contribution in [-0.4, -0.2) is 9.97 Å². The van der Waals surface area contributed by atoms with Crippen LogP contribution in [0.3, 0.4) is 0 Å². The van der Waals surface area contributed by atoms with E-state index < -0.39 is 0 Å². The molecule has 0 radical (unpaired) electrons. The first kappa shape index (κ1) is 16.2. The molecule has 0 fully saturated rings. The van der Waals surface area contributed by atoms with Crippen LogP contribution >= 0.6 is 11.6 Å². The predicted molar refractivity (Wildman–Crippen MR) is 95.2 cm³/mol. The number of nitrogens with zero attached hydrogens (tertiary/aromatic N) is 2. The van der Waals surface area contributed by atoms with Crippen LogP contribution in [0.5, 0.6) is 0 Å². The van der Waals surface area contributed by atoms with Crippen molar-refractivity contribution in [2.45, 2.75) is 13.5 Å². The van der Waals surface area contributed by atoms with Crippen molar-refractivity contribution in [2.24, 2.45) is 0 Å². The first-order valence-electron chi connectivity index (χ1n) is 7.45. The fourth-order valence-electron chi connectivity index (χ4n) is 2.18. The maximum absolute atomic E-state index is 12.9. The van der Waals surface area contributed by atoms with Crippen molar-refractivity contribution in [3.8, 4) is 0 Å². The number of benzene rings is 2. The number of hydrogen-bond donors (Lipinski definition) is 2. The van der Waals surface area contributed by atoms with Gasteiger partial charge < -0.3 is 10.6 Å². The quantitative estimate of drug-likeness (QED) is 0.690. The largest absolute Gasteiger partial charge is 0.366 e. The van der Waals surface area contributed by atoms with Gasteiger partial charge in [0.2, 0.25) is 5.95 Å². The van der Waals surface area contributed by atoms with Crippen LogP contribution in [0.1, 0.15) is 11.1 Å². The summed E-state index contributed by atoms with van der Waals surface area (Å²) in [6.45, 7) is 2.48. The Hall–Kier alpha value is -2.66. The van der Waals surface area contributed by atoms with Crippen molar-refractivity contribution in [3.05, 3.63) is 76.7 Å². The third-order valence-corrected chi connectivity index (χ3v) is 3.97. The zero-order valence-corrected chi connectivity index (χ0v) is 13.8. The molecule has 0 aliphatic carbocycles. The molecular weight excluding hydrogens is 327 g/mol. The lowest BCUT2D eigenvalue weighted by molar-refractivity contribution is 0.627. The van der Waals surface area contributed by atoms with Crippen LogP contribution < -0.4 is 10.6 Å². The van der Waals surface area contributed by atoms with Crippen molar-refractivity contribution in [3.63, 3.8) is 0 Å². The highest BCUT2D eigenvalue weighted by Crippen LogP contribution is 2.25. The minimum atomic E-state index is -0.246. The van der Waals surface area contributed by atoms with Crippen LogP contribution in [0.4, 0.5) is 21.8 Å². The average Bonchev–Trinajstić information content (AvgIpc) is 2.59. The molecule has 1 heterocycles. The summed E-state index contributed by atoms with van der Waals surface area (Å²) in [6.07, 6.45) is 1.67. The van der Waals surface area contributed by atoms with Crippen molar-refractivity contribution >= 4 is 29.1 Å². The van der Waals surface area contributed by atoms with Gasteiger partial charge in [-0.3, -0.25) is 0 Å². The van der Waals surface area contributed by atoms with Crippen LogP contribution in [0.15, 0.2) is 54.7 Å². The average molecular weight is 343 g/mol. The number of anilines is 3. The van der Waals surface area contributed by atoms with Gasteiger partial charge in [-0.25, -0.2) is 9.37 Å². The van der Waals surface area contributed by atoms with Gasteiger partial charge in [0.15, 0.2) is 0 Å². The molecule has 0 spiro atoms. The standard InChI is InChI=1S/C18H16ClFN4/c1-12-15(19)3-2-4-16(12)23-18-21-10-9-17(24-18)22-11-13-5-7-14(20)8-6-13/h2-10H,11H2,1H3,(H2,21,22,23,24). The van der Waals surface area contributed by atoms with Crippen molar-refractivity contribution < 1.29 is 4.39 Å². The fourth-order valence-corrected chi connectivity index (χ4v) is 2.35. The Morgan fingerprint density at radius 3 is 2.67 bits per heavy atom. The lowest BCUT2D eigenvalue weighted by atomic mass is 10.2. The van der Waals surface area contributed by atoms with Crippen LogP contribution in [0.25, 0.3) is 0 Å². The van der Waals surface area contributed by atoms with Gasteiger partial charge in [0.1, 0.15) is 11.6 Å². The molecule has 2 N–H and O–H groups in total. The Balaban J connectivity index is 1.69. The van der Waals surface area contributed by atoms with E-state index in [4.69, 9.17) is 11.6 Å². The third kappa shape index (κ3) is 4.00. The molecule has 3 rings (SSSR count). The highest BCUT2D eigenvalue weighted by molar-refractivity contribution is 6.31. The number of halogens is 2. The molecule has 6 heteroatoms. The van der Waals surface area contributed by atoms with Gasteiger partial charge in [0, 0.05) is 23.5 Å². The van der Waals surface area contributed by atoms with Gasteiger partial charge >= 0.3 is 0 Å². The van der Waals surface area contributed by atoms with E-state index in [2.05, 4.69) is 20.6 Å². The highest BCUT2D eigenvalue weighted by Gasteiger charge is 2.05. The third-order valence-electron chi connectivity index (χ3n) is 3.56. The van der Waals surface area contributed by atoms with Crippen LogP contribution in [-0.2, 0) is 6.54 Å².